The lowest BCUT2D eigenvalue weighted by atomic mass is 10.1. The Labute approximate surface area is 194 Å². The van der Waals surface area contributed by atoms with E-state index < -0.39 is 29.5 Å². The first kappa shape index (κ1) is 24.9. The second kappa shape index (κ2) is 10.9. The van der Waals surface area contributed by atoms with Gasteiger partial charge in [-0.2, -0.15) is 13.2 Å². The second-order valence-electron chi connectivity index (χ2n) is 7.47. The van der Waals surface area contributed by atoms with E-state index in [0.717, 1.165) is 11.8 Å². The van der Waals surface area contributed by atoms with Gasteiger partial charge in [0.15, 0.2) is 0 Å². The molecule has 0 aromatic heterocycles. The number of rotatable bonds is 5. The normalized spacial score (nSPS) is 14.3. The van der Waals surface area contributed by atoms with E-state index in [4.69, 9.17) is 4.74 Å². The number of hydrazine groups is 1. The fourth-order valence-electron chi connectivity index (χ4n) is 3.47. The fraction of sp³-hybridized carbons (Fsp3) is 0.348. The van der Waals surface area contributed by atoms with Crippen molar-refractivity contribution in [1.29, 1.82) is 0 Å². The lowest BCUT2D eigenvalue weighted by Crippen LogP contribution is -2.45. The molecule has 0 atom stereocenters. The summed E-state index contributed by atoms with van der Waals surface area (Å²) in [6, 6.07) is 11.7. The van der Waals surface area contributed by atoms with Gasteiger partial charge in [0.05, 0.1) is 12.2 Å². The minimum atomic E-state index is -4.48. The van der Waals surface area contributed by atoms with Crippen molar-refractivity contribution in [2.45, 2.75) is 32.0 Å². The number of alkyl halides is 3. The van der Waals surface area contributed by atoms with Crippen LogP contribution in [0.3, 0.4) is 0 Å². The van der Waals surface area contributed by atoms with E-state index in [-0.39, 0.29) is 24.0 Å². The molecule has 34 heavy (non-hydrogen) atoms. The van der Waals surface area contributed by atoms with Crippen LogP contribution in [-0.4, -0.2) is 43.6 Å². The van der Waals surface area contributed by atoms with Crippen molar-refractivity contribution in [2.24, 2.45) is 0 Å². The van der Waals surface area contributed by atoms with Gasteiger partial charge < -0.3 is 14.4 Å². The van der Waals surface area contributed by atoms with Gasteiger partial charge in [0.25, 0.3) is 5.91 Å². The summed E-state index contributed by atoms with van der Waals surface area (Å²) >= 11 is 0. The largest absolute Gasteiger partial charge is 0.490 e. The number of esters is 1. The van der Waals surface area contributed by atoms with Gasteiger partial charge in [-0.3, -0.25) is 20.4 Å². The molecule has 8 nitrogen and oxygen atoms in total. The van der Waals surface area contributed by atoms with Crippen LogP contribution < -0.4 is 20.5 Å². The van der Waals surface area contributed by atoms with Gasteiger partial charge in [-0.25, -0.2) is 4.79 Å². The third-order valence-electron chi connectivity index (χ3n) is 5.17. The highest BCUT2D eigenvalue weighted by Gasteiger charge is 2.35. The summed E-state index contributed by atoms with van der Waals surface area (Å²) in [5.74, 6) is -2.97. The summed E-state index contributed by atoms with van der Waals surface area (Å²) < 4.78 is 49.7. The number of anilines is 1. The summed E-state index contributed by atoms with van der Waals surface area (Å²) in [6.07, 6.45) is -3.75. The average Bonchev–Trinajstić information content (AvgIpc) is 2.83. The number of piperidine rings is 1. The van der Waals surface area contributed by atoms with Gasteiger partial charge >= 0.3 is 18.1 Å². The van der Waals surface area contributed by atoms with Crippen molar-refractivity contribution >= 4 is 23.5 Å². The summed E-state index contributed by atoms with van der Waals surface area (Å²) in [5, 5.41) is 0. The number of para-hydroxylation sites is 1. The zero-order valence-corrected chi connectivity index (χ0v) is 18.4. The molecule has 0 bridgehead atoms. The van der Waals surface area contributed by atoms with Crippen molar-refractivity contribution < 1.29 is 37.0 Å². The minimum absolute atomic E-state index is 0.0336. The number of nitrogens with one attached hydrogen (secondary N) is 2. The third-order valence-corrected chi connectivity index (χ3v) is 5.17. The predicted molar refractivity (Wildman–Crippen MR) is 116 cm³/mol. The number of ether oxygens (including phenoxy) is 2. The lowest BCUT2D eigenvalue weighted by Gasteiger charge is -2.34. The lowest BCUT2D eigenvalue weighted by molar-refractivity contribution is -0.154. The molecule has 2 N–H and O–H groups in total. The predicted octanol–water partition coefficient (Wildman–Crippen LogP) is 3.08. The number of hydrogen-bond donors (Lipinski definition) is 2. The minimum Gasteiger partial charge on any atom is -0.490 e. The highest BCUT2D eigenvalue weighted by atomic mass is 19.4. The maximum atomic E-state index is 13.2. The summed E-state index contributed by atoms with van der Waals surface area (Å²) in [7, 11) is 0. The van der Waals surface area contributed by atoms with Crippen molar-refractivity contribution in [1.82, 2.24) is 10.9 Å². The van der Waals surface area contributed by atoms with Crippen LogP contribution in [0.4, 0.5) is 18.9 Å². The monoisotopic (exact) mass is 479 g/mol. The Kier molecular flexibility index (Phi) is 7.98. The SMILES string of the molecule is CCOC(=O)C(=O)NNC(=O)c1ccc(N2CCC(Oc3ccccc3C(F)(F)F)CC2)cc1. The number of carbonyl (C=O) groups is 3. The van der Waals surface area contributed by atoms with E-state index in [2.05, 4.69) is 10.2 Å². The number of nitrogens with zero attached hydrogens (tertiary/aromatic N) is 1. The van der Waals surface area contributed by atoms with Crippen molar-refractivity contribution in [3.05, 3.63) is 59.7 Å². The number of halogens is 3. The smallest absolute Gasteiger partial charge is 0.419 e. The first-order valence-electron chi connectivity index (χ1n) is 10.6. The maximum Gasteiger partial charge on any atom is 0.419 e. The third kappa shape index (κ3) is 6.40. The Balaban J connectivity index is 1.51. The molecule has 0 aliphatic carbocycles. The zero-order chi connectivity index (χ0) is 24.7. The van der Waals surface area contributed by atoms with Crippen molar-refractivity contribution in [3.63, 3.8) is 0 Å². The molecule has 1 heterocycles. The van der Waals surface area contributed by atoms with Crippen molar-refractivity contribution in [3.8, 4) is 5.75 Å². The van der Waals surface area contributed by atoms with E-state index in [1.807, 2.05) is 10.3 Å². The number of carbonyl (C=O) groups excluding carboxylic acids is 3. The molecule has 3 rings (SSSR count). The maximum absolute atomic E-state index is 13.2. The van der Waals surface area contributed by atoms with E-state index >= 15 is 0 Å². The molecular formula is C23H24F3N3O5. The second-order valence-corrected chi connectivity index (χ2v) is 7.47. The van der Waals surface area contributed by atoms with E-state index in [0.29, 0.717) is 25.9 Å². The molecule has 1 aliphatic heterocycles. The molecule has 0 saturated carbocycles. The van der Waals surface area contributed by atoms with Gasteiger partial charge in [-0.15, -0.1) is 0 Å². The van der Waals surface area contributed by atoms with Gasteiger partial charge in [0, 0.05) is 37.2 Å². The molecule has 1 fully saturated rings. The van der Waals surface area contributed by atoms with Crippen LogP contribution in [0.5, 0.6) is 5.75 Å². The molecule has 2 aromatic carbocycles. The number of amides is 2. The number of hydrogen-bond acceptors (Lipinski definition) is 6. The molecule has 2 amide bonds. The van der Waals surface area contributed by atoms with Gasteiger partial charge in [-0.05, 0) is 43.3 Å². The van der Waals surface area contributed by atoms with Crippen molar-refractivity contribution in [2.75, 3.05) is 24.6 Å². The fourth-order valence-corrected chi connectivity index (χ4v) is 3.47. The Morgan fingerprint density at radius 3 is 2.26 bits per heavy atom. The van der Waals surface area contributed by atoms with Crippen LogP contribution in [0.1, 0.15) is 35.7 Å². The van der Waals surface area contributed by atoms with Gasteiger partial charge in [0.1, 0.15) is 11.9 Å². The van der Waals surface area contributed by atoms with E-state index in [1.165, 1.54) is 18.2 Å². The average molecular weight is 479 g/mol. The summed E-state index contributed by atoms with van der Waals surface area (Å²) in [5.41, 5.74) is 4.41. The topological polar surface area (TPSA) is 97.0 Å². The first-order chi connectivity index (χ1) is 16.2. The molecule has 2 aromatic rings. The Bertz CT molecular complexity index is 1020. The molecule has 182 valence electrons. The number of benzene rings is 2. The molecular weight excluding hydrogens is 455 g/mol. The summed E-state index contributed by atoms with van der Waals surface area (Å²) in [6.45, 7) is 2.72. The van der Waals surface area contributed by atoms with Crippen LogP contribution in [0.2, 0.25) is 0 Å². The van der Waals surface area contributed by atoms with Crippen LogP contribution in [-0.2, 0) is 20.5 Å². The molecule has 0 spiro atoms. The highest BCUT2D eigenvalue weighted by molar-refractivity contribution is 6.32. The Hall–Kier alpha value is -3.76. The van der Waals surface area contributed by atoms with Crippen LogP contribution in [0, 0.1) is 0 Å². The van der Waals surface area contributed by atoms with E-state index in [9.17, 15) is 27.6 Å². The van der Waals surface area contributed by atoms with Gasteiger partial charge in [-0.1, -0.05) is 12.1 Å². The van der Waals surface area contributed by atoms with E-state index in [1.54, 1.807) is 31.2 Å². The Morgan fingerprint density at radius 1 is 1.00 bits per heavy atom. The molecule has 11 heteroatoms. The van der Waals surface area contributed by atoms with Crippen LogP contribution >= 0.6 is 0 Å². The molecule has 0 unspecified atom stereocenters. The molecule has 0 radical (unpaired) electrons. The summed E-state index contributed by atoms with van der Waals surface area (Å²) in [4.78, 5) is 36.9. The zero-order valence-electron chi connectivity index (χ0n) is 18.4. The van der Waals surface area contributed by atoms with Crippen LogP contribution in [0.25, 0.3) is 0 Å². The van der Waals surface area contributed by atoms with Gasteiger partial charge in [0.2, 0.25) is 0 Å². The van der Waals surface area contributed by atoms with Crippen LogP contribution in [0.15, 0.2) is 48.5 Å². The first-order valence-corrected chi connectivity index (χ1v) is 10.6. The quantitative estimate of drug-likeness (QED) is 0.389. The Morgan fingerprint density at radius 2 is 1.65 bits per heavy atom. The molecule has 1 saturated heterocycles. The molecule has 1 aliphatic rings. The highest BCUT2D eigenvalue weighted by Crippen LogP contribution is 2.37. The standard InChI is InChI=1S/C23H24F3N3O5/c1-2-33-22(32)21(31)28-27-20(30)15-7-9-16(10-8-15)29-13-11-17(12-14-29)34-19-6-4-3-5-18(19)23(24,25)26/h3-10,17H,2,11-14H2,1H3,(H,27,30)(H,28,31).